The largest absolute Gasteiger partial charge is 0.505 e. The van der Waals surface area contributed by atoms with Crippen molar-refractivity contribution in [2.24, 2.45) is 0 Å². The van der Waals surface area contributed by atoms with Gasteiger partial charge in [0.05, 0.1) is 24.3 Å². The zero-order valence-corrected chi connectivity index (χ0v) is 21.7. The van der Waals surface area contributed by atoms with Gasteiger partial charge in [-0.15, -0.1) is 0 Å². The first kappa shape index (κ1) is 26.8. The smallest absolute Gasteiger partial charge is 0.255 e. The molecule has 2 amide bonds. The molecule has 0 bridgehead atoms. The second-order valence-corrected chi connectivity index (χ2v) is 9.77. The number of hydrogen-bond donors (Lipinski definition) is 2. The van der Waals surface area contributed by atoms with Crippen LogP contribution in [0.1, 0.15) is 45.6 Å². The number of rotatable bonds is 8. The van der Waals surface area contributed by atoms with Crippen LogP contribution in [0.25, 0.3) is 0 Å². The molecule has 5 rings (SSSR count). The zero-order chi connectivity index (χ0) is 28.4. The number of carbonyl (C=O) groups is 2. The highest BCUT2D eigenvalue weighted by molar-refractivity contribution is 5.95. The van der Waals surface area contributed by atoms with E-state index in [4.69, 9.17) is 0 Å². The van der Waals surface area contributed by atoms with Crippen LogP contribution in [0, 0.1) is 11.6 Å². The lowest BCUT2D eigenvalue weighted by Gasteiger charge is -2.38. The molecular weight excluding hydrogens is 520 g/mol. The number of amides is 2. The van der Waals surface area contributed by atoms with Crippen molar-refractivity contribution < 1.29 is 23.5 Å². The summed E-state index contributed by atoms with van der Waals surface area (Å²) >= 11 is 0. The van der Waals surface area contributed by atoms with Gasteiger partial charge in [-0.25, -0.2) is 8.78 Å². The first-order valence-corrected chi connectivity index (χ1v) is 12.7. The average molecular weight is 548 g/mol. The predicted molar refractivity (Wildman–Crippen MR) is 142 cm³/mol. The number of carbonyl (C=O) groups excluding carboxylic acids is 2. The predicted octanol–water partition coefficient (Wildman–Crippen LogP) is 3.00. The summed E-state index contributed by atoms with van der Waals surface area (Å²) in [7, 11) is 0. The van der Waals surface area contributed by atoms with Gasteiger partial charge in [0.15, 0.2) is 11.6 Å². The van der Waals surface area contributed by atoms with Crippen molar-refractivity contribution >= 4 is 11.8 Å². The molecule has 1 saturated heterocycles. The SMILES string of the molecule is CC(=O)N1CC(c2nn(Cc3ccc(Cn4ccccc4=O)cc3)cc2C(=O)NCc2c(F)ccc(O)c2F)C1. The molecule has 206 valence electrons. The third kappa shape index (κ3) is 5.63. The maximum absolute atomic E-state index is 14.2. The first-order valence-electron chi connectivity index (χ1n) is 12.7. The molecule has 0 unspecified atom stereocenters. The van der Waals surface area contributed by atoms with Gasteiger partial charge in [-0.2, -0.15) is 5.10 Å². The van der Waals surface area contributed by atoms with Gasteiger partial charge in [0, 0.05) is 56.5 Å². The fourth-order valence-corrected chi connectivity index (χ4v) is 4.64. The van der Waals surface area contributed by atoms with E-state index in [1.165, 1.54) is 13.0 Å². The van der Waals surface area contributed by atoms with E-state index in [2.05, 4.69) is 10.4 Å². The zero-order valence-electron chi connectivity index (χ0n) is 21.7. The fraction of sp³-hybridized carbons (Fsp3) is 0.241. The van der Waals surface area contributed by atoms with E-state index in [-0.39, 0.29) is 22.9 Å². The maximum Gasteiger partial charge on any atom is 0.255 e. The molecule has 2 aromatic heterocycles. The van der Waals surface area contributed by atoms with E-state index in [0.29, 0.717) is 31.9 Å². The van der Waals surface area contributed by atoms with Crippen molar-refractivity contribution in [3.63, 3.8) is 0 Å². The van der Waals surface area contributed by atoms with E-state index in [1.807, 2.05) is 24.3 Å². The lowest BCUT2D eigenvalue weighted by Crippen LogP contribution is -2.48. The Balaban J connectivity index is 1.33. The van der Waals surface area contributed by atoms with Gasteiger partial charge in [-0.1, -0.05) is 30.3 Å². The Labute approximate surface area is 228 Å². The molecule has 0 radical (unpaired) electrons. The Morgan fingerprint density at radius 3 is 2.40 bits per heavy atom. The number of benzene rings is 2. The van der Waals surface area contributed by atoms with E-state index in [0.717, 1.165) is 23.3 Å². The van der Waals surface area contributed by atoms with Gasteiger partial charge >= 0.3 is 0 Å². The molecule has 0 atom stereocenters. The van der Waals surface area contributed by atoms with Crippen LogP contribution in [-0.4, -0.2) is 49.3 Å². The Kier molecular flexibility index (Phi) is 7.45. The highest BCUT2D eigenvalue weighted by Crippen LogP contribution is 2.29. The summed E-state index contributed by atoms with van der Waals surface area (Å²) in [5.41, 5.74) is 2.06. The van der Waals surface area contributed by atoms with Crippen LogP contribution in [0.5, 0.6) is 5.75 Å². The van der Waals surface area contributed by atoms with Crippen molar-refractivity contribution in [3.8, 4) is 5.75 Å². The Morgan fingerprint density at radius 2 is 1.73 bits per heavy atom. The number of aromatic nitrogens is 3. The number of aromatic hydroxyl groups is 1. The summed E-state index contributed by atoms with van der Waals surface area (Å²) in [6.07, 6.45) is 3.30. The molecule has 3 heterocycles. The minimum atomic E-state index is -1.13. The first-order chi connectivity index (χ1) is 19.2. The summed E-state index contributed by atoms with van der Waals surface area (Å²) in [6.45, 7) is 2.62. The van der Waals surface area contributed by atoms with Crippen LogP contribution in [0.2, 0.25) is 0 Å². The lowest BCUT2D eigenvalue weighted by atomic mass is 9.93. The number of pyridine rings is 1. The van der Waals surface area contributed by atoms with Gasteiger partial charge in [-0.05, 0) is 29.3 Å². The molecule has 1 fully saturated rings. The van der Waals surface area contributed by atoms with Crippen LogP contribution in [0.3, 0.4) is 0 Å². The molecule has 1 aliphatic heterocycles. The van der Waals surface area contributed by atoms with Crippen LogP contribution < -0.4 is 10.9 Å². The Hall–Kier alpha value is -4.80. The third-order valence-corrected chi connectivity index (χ3v) is 6.96. The second kappa shape index (κ2) is 11.1. The van der Waals surface area contributed by atoms with Crippen LogP contribution in [0.15, 0.2) is 71.8 Å². The third-order valence-electron chi connectivity index (χ3n) is 6.96. The van der Waals surface area contributed by atoms with E-state index in [9.17, 15) is 28.3 Å². The Morgan fingerprint density at radius 1 is 1.02 bits per heavy atom. The second-order valence-electron chi connectivity index (χ2n) is 9.77. The Bertz CT molecular complexity index is 1620. The molecule has 9 nitrogen and oxygen atoms in total. The summed E-state index contributed by atoms with van der Waals surface area (Å²) in [5, 5.41) is 16.7. The van der Waals surface area contributed by atoms with Gasteiger partial charge < -0.3 is 19.9 Å². The van der Waals surface area contributed by atoms with Gasteiger partial charge in [0.2, 0.25) is 5.91 Å². The van der Waals surface area contributed by atoms with E-state index < -0.39 is 35.4 Å². The van der Waals surface area contributed by atoms with Gasteiger partial charge in [0.1, 0.15) is 5.82 Å². The highest BCUT2D eigenvalue weighted by atomic mass is 19.1. The summed E-state index contributed by atoms with van der Waals surface area (Å²) in [4.78, 5) is 38.5. The number of phenols is 1. The molecule has 0 spiro atoms. The van der Waals surface area contributed by atoms with Gasteiger partial charge in [0.25, 0.3) is 11.5 Å². The van der Waals surface area contributed by atoms with Crippen molar-refractivity contribution in [3.05, 3.63) is 117 Å². The van der Waals surface area contributed by atoms with Crippen molar-refractivity contribution in [2.45, 2.75) is 32.5 Å². The molecule has 0 aliphatic carbocycles. The molecular formula is C29H27F2N5O4. The number of nitrogens with zero attached hydrogens (tertiary/aromatic N) is 4. The van der Waals surface area contributed by atoms with E-state index >= 15 is 0 Å². The average Bonchev–Trinajstić information content (AvgIpc) is 3.30. The number of halogens is 2. The van der Waals surface area contributed by atoms with Crippen LogP contribution >= 0.6 is 0 Å². The molecule has 40 heavy (non-hydrogen) atoms. The number of likely N-dealkylation sites (tertiary alicyclic amines) is 1. The quantitative estimate of drug-likeness (QED) is 0.353. The number of nitrogens with one attached hydrogen (secondary N) is 1. The monoisotopic (exact) mass is 547 g/mol. The van der Waals surface area contributed by atoms with Crippen LogP contribution in [-0.2, 0) is 24.4 Å². The lowest BCUT2D eigenvalue weighted by molar-refractivity contribution is -0.133. The topological polar surface area (TPSA) is 109 Å². The molecule has 11 heteroatoms. The van der Waals surface area contributed by atoms with Crippen LogP contribution in [0.4, 0.5) is 8.78 Å². The van der Waals surface area contributed by atoms with Gasteiger partial charge in [-0.3, -0.25) is 19.1 Å². The highest BCUT2D eigenvalue weighted by Gasteiger charge is 2.35. The number of phenolic OH excluding ortho intramolecular Hbond substituents is 1. The standard InChI is InChI=1S/C29H27F2N5O4/c1-18(37)35-15-21(16-35)28-23(29(40)32-12-22-24(30)9-10-25(38)27(22)31)17-36(33-28)14-20-7-5-19(6-8-20)13-34-11-3-2-4-26(34)39/h2-11,17,21,38H,12-16H2,1H3,(H,32,40). The van der Waals surface area contributed by atoms with Crippen molar-refractivity contribution in [2.75, 3.05) is 13.1 Å². The molecule has 4 aromatic rings. The normalized spacial score (nSPS) is 13.2. The minimum absolute atomic E-state index is 0.0747. The molecule has 2 N–H and O–H groups in total. The van der Waals surface area contributed by atoms with E-state index in [1.54, 1.807) is 38.7 Å². The minimum Gasteiger partial charge on any atom is -0.505 e. The summed E-state index contributed by atoms with van der Waals surface area (Å²) < 4.78 is 31.6. The maximum atomic E-state index is 14.2. The summed E-state index contributed by atoms with van der Waals surface area (Å²) in [5.74, 6) is -3.54. The molecule has 2 aromatic carbocycles. The number of hydrogen-bond acceptors (Lipinski definition) is 5. The molecule has 1 aliphatic rings. The van der Waals surface area contributed by atoms with Crippen molar-refractivity contribution in [1.29, 1.82) is 0 Å². The fourth-order valence-electron chi connectivity index (χ4n) is 4.64. The summed E-state index contributed by atoms with van der Waals surface area (Å²) in [6, 6.07) is 14.5. The van der Waals surface area contributed by atoms with Crippen molar-refractivity contribution in [1.82, 2.24) is 24.6 Å². The molecule has 0 saturated carbocycles.